The highest BCUT2D eigenvalue weighted by Crippen LogP contribution is 2.17. The van der Waals surface area contributed by atoms with Crippen LogP contribution in [0.1, 0.15) is 10.5 Å². The molecule has 0 unspecified atom stereocenters. The highest BCUT2D eigenvalue weighted by molar-refractivity contribution is 5.91. The molecule has 2 heterocycles. The molecule has 0 spiro atoms. The zero-order chi connectivity index (χ0) is 12.4. The van der Waals surface area contributed by atoms with Gasteiger partial charge in [-0.3, -0.25) is 0 Å². The third-order valence-electron chi connectivity index (χ3n) is 2.22. The number of nitrogens with two attached hydrogens (primary N) is 1. The quantitative estimate of drug-likeness (QED) is 0.583. The standard InChI is InChI=1S/C11H9N3O3/c12-7-4-5-8(13-10(7)11(15)16)9-3-1-2-6-14(9)17/h1-6H,12H2,(H,15,16). The predicted octanol–water partition coefficient (Wildman–Crippen LogP) is 0.662. The Kier molecular flexibility index (Phi) is 2.61. The van der Waals surface area contributed by atoms with Gasteiger partial charge in [-0.25, -0.2) is 9.78 Å². The van der Waals surface area contributed by atoms with Crippen molar-refractivity contribution in [1.82, 2.24) is 4.98 Å². The molecule has 0 aliphatic rings. The fraction of sp³-hybridized carbons (Fsp3) is 0. The second-order valence-corrected chi connectivity index (χ2v) is 3.35. The highest BCUT2D eigenvalue weighted by atomic mass is 16.5. The van der Waals surface area contributed by atoms with E-state index in [1.807, 2.05) is 0 Å². The van der Waals surface area contributed by atoms with Crippen LogP contribution in [0.5, 0.6) is 0 Å². The highest BCUT2D eigenvalue weighted by Gasteiger charge is 2.15. The number of hydrogen-bond acceptors (Lipinski definition) is 4. The lowest BCUT2D eigenvalue weighted by Crippen LogP contribution is -2.28. The molecule has 0 aliphatic heterocycles. The van der Waals surface area contributed by atoms with Crippen LogP contribution in [0.25, 0.3) is 11.4 Å². The molecule has 0 radical (unpaired) electrons. The third-order valence-corrected chi connectivity index (χ3v) is 2.22. The third kappa shape index (κ3) is 2.00. The number of nitrogens with zero attached hydrogens (tertiary/aromatic N) is 2. The van der Waals surface area contributed by atoms with Gasteiger partial charge in [0, 0.05) is 12.1 Å². The number of rotatable bonds is 2. The number of carboxylic acid groups (broad SMARTS) is 1. The summed E-state index contributed by atoms with van der Waals surface area (Å²) in [7, 11) is 0. The van der Waals surface area contributed by atoms with Gasteiger partial charge in [-0.2, -0.15) is 4.73 Å². The van der Waals surface area contributed by atoms with Gasteiger partial charge < -0.3 is 16.0 Å². The molecule has 3 N–H and O–H groups in total. The predicted molar refractivity (Wildman–Crippen MR) is 60.0 cm³/mol. The van der Waals surface area contributed by atoms with E-state index in [1.54, 1.807) is 18.2 Å². The van der Waals surface area contributed by atoms with Crippen LogP contribution in [0, 0.1) is 5.21 Å². The van der Waals surface area contributed by atoms with Gasteiger partial charge in [0.05, 0.1) is 5.69 Å². The molecular formula is C11H9N3O3. The Hall–Kier alpha value is -2.63. The summed E-state index contributed by atoms with van der Waals surface area (Å²) in [6.07, 6.45) is 1.31. The van der Waals surface area contributed by atoms with Crippen molar-refractivity contribution < 1.29 is 14.6 Å². The average molecular weight is 231 g/mol. The lowest BCUT2D eigenvalue weighted by Gasteiger charge is -2.05. The summed E-state index contributed by atoms with van der Waals surface area (Å²) in [6, 6.07) is 7.72. The Balaban J connectivity index is 2.58. The minimum atomic E-state index is -1.22. The SMILES string of the molecule is Nc1ccc(-c2cccc[n+]2[O-])nc1C(=O)O. The van der Waals surface area contributed by atoms with Crippen molar-refractivity contribution in [1.29, 1.82) is 0 Å². The Labute approximate surface area is 96.5 Å². The van der Waals surface area contributed by atoms with Crippen LogP contribution in [-0.4, -0.2) is 16.1 Å². The minimum absolute atomic E-state index is 0.0645. The molecule has 0 saturated heterocycles. The van der Waals surface area contributed by atoms with Crippen molar-refractivity contribution in [2.24, 2.45) is 0 Å². The van der Waals surface area contributed by atoms with E-state index in [0.717, 1.165) is 0 Å². The summed E-state index contributed by atoms with van der Waals surface area (Å²) >= 11 is 0. The number of hydrogen-bond donors (Lipinski definition) is 2. The molecule has 0 aliphatic carbocycles. The van der Waals surface area contributed by atoms with Crippen molar-refractivity contribution in [2.45, 2.75) is 0 Å². The van der Waals surface area contributed by atoms with Gasteiger partial charge in [0.1, 0.15) is 5.69 Å². The number of carboxylic acids is 1. The molecule has 0 aromatic carbocycles. The van der Waals surface area contributed by atoms with Gasteiger partial charge in [0.2, 0.25) is 5.69 Å². The smallest absolute Gasteiger partial charge is 0.356 e. The molecule has 6 heteroatoms. The van der Waals surface area contributed by atoms with Crippen molar-refractivity contribution in [3.05, 3.63) is 47.4 Å². The van der Waals surface area contributed by atoms with Crippen molar-refractivity contribution >= 4 is 11.7 Å². The van der Waals surface area contributed by atoms with Crippen LogP contribution >= 0.6 is 0 Å². The monoisotopic (exact) mass is 231 g/mol. The lowest BCUT2D eigenvalue weighted by molar-refractivity contribution is -0.593. The zero-order valence-electron chi connectivity index (χ0n) is 8.70. The van der Waals surface area contributed by atoms with Gasteiger partial charge in [0.25, 0.3) is 0 Å². The molecule has 86 valence electrons. The van der Waals surface area contributed by atoms with Gasteiger partial charge in [0.15, 0.2) is 11.9 Å². The fourth-order valence-electron chi connectivity index (χ4n) is 1.41. The van der Waals surface area contributed by atoms with Gasteiger partial charge in [-0.1, -0.05) is 0 Å². The van der Waals surface area contributed by atoms with E-state index in [-0.39, 0.29) is 22.8 Å². The lowest BCUT2D eigenvalue weighted by atomic mass is 10.2. The number of nitrogen functional groups attached to an aromatic ring is 1. The minimum Gasteiger partial charge on any atom is -0.618 e. The Bertz CT molecular complexity index is 584. The maximum atomic E-state index is 11.5. The van der Waals surface area contributed by atoms with Crippen LogP contribution in [0.15, 0.2) is 36.5 Å². The molecule has 17 heavy (non-hydrogen) atoms. The van der Waals surface area contributed by atoms with Crippen molar-refractivity contribution in [2.75, 3.05) is 5.73 Å². The first-order chi connectivity index (χ1) is 8.09. The number of carbonyl (C=O) groups is 1. The summed E-state index contributed by atoms with van der Waals surface area (Å²) in [5, 5.41) is 20.4. The molecule has 0 fully saturated rings. The first-order valence-corrected chi connectivity index (χ1v) is 4.78. The van der Waals surface area contributed by atoms with Crippen molar-refractivity contribution in [3.8, 4) is 11.4 Å². The van der Waals surface area contributed by atoms with Gasteiger partial charge >= 0.3 is 5.97 Å². The molecule has 0 atom stereocenters. The molecule has 0 saturated carbocycles. The molecule has 0 bridgehead atoms. The first kappa shape index (κ1) is 10.9. The van der Waals surface area contributed by atoms with E-state index in [0.29, 0.717) is 4.73 Å². The molecule has 6 nitrogen and oxygen atoms in total. The maximum Gasteiger partial charge on any atom is 0.356 e. The van der Waals surface area contributed by atoms with Crippen LogP contribution in [0.2, 0.25) is 0 Å². The van der Waals surface area contributed by atoms with E-state index in [4.69, 9.17) is 10.8 Å². The number of aromatic carboxylic acids is 1. The van der Waals surface area contributed by atoms with Gasteiger partial charge in [-0.15, -0.1) is 0 Å². The number of aromatic nitrogens is 2. The molecule has 0 amide bonds. The van der Waals surface area contributed by atoms with Crippen molar-refractivity contribution in [3.63, 3.8) is 0 Å². The number of anilines is 1. The summed E-state index contributed by atoms with van der Waals surface area (Å²) in [4.78, 5) is 14.7. The summed E-state index contributed by atoms with van der Waals surface area (Å²) < 4.78 is 0.615. The Morgan fingerprint density at radius 3 is 2.76 bits per heavy atom. The Morgan fingerprint density at radius 1 is 1.35 bits per heavy atom. The Morgan fingerprint density at radius 2 is 2.12 bits per heavy atom. The summed E-state index contributed by atoms with van der Waals surface area (Å²) in [5.74, 6) is -1.22. The average Bonchev–Trinajstić information content (AvgIpc) is 2.30. The fourth-order valence-corrected chi connectivity index (χ4v) is 1.41. The van der Waals surface area contributed by atoms with E-state index in [9.17, 15) is 10.0 Å². The number of pyridine rings is 2. The normalized spacial score (nSPS) is 10.1. The summed E-state index contributed by atoms with van der Waals surface area (Å²) in [6.45, 7) is 0. The van der Waals surface area contributed by atoms with E-state index < -0.39 is 5.97 Å². The second kappa shape index (κ2) is 4.09. The van der Waals surface area contributed by atoms with E-state index >= 15 is 0 Å². The maximum absolute atomic E-state index is 11.5. The first-order valence-electron chi connectivity index (χ1n) is 4.78. The topological polar surface area (TPSA) is 103 Å². The summed E-state index contributed by atoms with van der Waals surface area (Å²) in [5.41, 5.74) is 5.83. The largest absolute Gasteiger partial charge is 0.618 e. The molecular weight excluding hydrogens is 222 g/mol. The zero-order valence-corrected chi connectivity index (χ0v) is 8.70. The van der Waals surface area contributed by atoms with Crippen LogP contribution in [0.4, 0.5) is 5.69 Å². The van der Waals surface area contributed by atoms with E-state index in [1.165, 1.54) is 18.3 Å². The van der Waals surface area contributed by atoms with E-state index in [2.05, 4.69) is 4.98 Å². The molecule has 2 rings (SSSR count). The molecule has 2 aromatic rings. The van der Waals surface area contributed by atoms with Gasteiger partial charge in [-0.05, 0) is 18.2 Å². The van der Waals surface area contributed by atoms with Crippen LogP contribution in [0.3, 0.4) is 0 Å². The second-order valence-electron chi connectivity index (χ2n) is 3.35. The molecule has 2 aromatic heterocycles. The van der Waals surface area contributed by atoms with Crippen LogP contribution < -0.4 is 10.5 Å². The van der Waals surface area contributed by atoms with Crippen LogP contribution in [-0.2, 0) is 0 Å².